The van der Waals surface area contributed by atoms with Gasteiger partial charge in [0.2, 0.25) is 0 Å². The number of nitrogens with zero attached hydrogens (tertiary/aromatic N) is 1. The van der Waals surface area contributed by atoms with Crippen molar-refractivity contribution in [3.63, 3.8) is 0 Å². The van der Waals surface area contributed by atoms with Crippen LogP contribution in [0.15, 0.2) is 186 Å². The first-order valence-corrected chi connectivity index (χ1v) is 23.9. The average molecular weight is 790 g/mol. The number of fused-ring (bicyclic) bond motifs is 9. The largest absolute Gasteiger partial charge is 0.456 e. The lowest BCUT2D eigenvalue weighted by atomic mass is 9.82. The molecular formula is C57H47NOSi. The Morgan fingerprint density at radius 1 is 0.467 bits per heavy atom. The minimum Gasteiger partial charge on any atom is -0.456 e. The molecule has 0 atom stereocenters. The highest BCUT2D eigenvalue weighted by molar-refractivity contribution is 7.22. The average Bonchev–Trinajstić information content (AvgIpc) is 3.90. The van der Waals surface area contributed by atoms with Crippen LogP contribution in [0.3, 0.4) is 0 Å². The molecule has 60 heavy (non-hydrogen) atoms. The van der Waals surface area contributed by atoms with Gasteiger partial charge in [0.25, 0.3) is 0 Å². The molecule has 290 valence electrons. The van der Waals surface area contributed by atoms with Crippen molar-refractivity contribution in [2.24, 2.45) is 0 Å². The van der Waals surface area contributed by atoms with Gasteiger partial charge in [-0.3, -0.25) is 0 Å². The first-order chi connectivity index (χ1) is 29.5. The highest BCUT2D eigenvalue weighted by Gasteiger charge is 2.49. The van der Waals surface area contributed by atoms with E-state index in [1.54, 1.807) is 0 Å². The molecule has 1 aromatic heterocycles. The molecule has 0 saturated heterocycles. The Bertz CT molecular complexity index is 3100. The fourth-order valence-electron chi connectivity index (χ4n) is 11.5. The van der Waals surface area contributed by atoms with Crippen LogP contribution < -0.4 is 25.6 Å². The SMILES string of the molecule is CC1(C)c2ccccc2-c2ccc(N(c3cccc([Si]4(c5cccc(C6CCCCC6)c5)c5ccccc5-c5ccccc54)c3)c3ccc4c(c3)oc3ccccc34)cc21. The summed E-state index contributed by atoms with van der Waals surface area (Å²) in [6.07, 6.45) is 6.58. The number of rotatable bonds is 6. The number of benzene rings is 8. The fraction of sp³-hybridized carbons (Fsp3) is 0.158. The Morgan fingerprint density at radius 3 is 1.87 bits per heavy atom. The predicted octanol–water partition coefficient (Wildman–Crippen LogP) is 12.8. The highest BCUT2D eigenvalue weighted by Crippen LogP contribution is 2.51. The minimum absolute atomic E-state index is 0.129. The number of hydrogen-bond donors (Lipinski definition) is 0. The summed E-state index contributed by atoms with van der Waals surface area (Å²) >= 11 is 0. The zero-order valence-electron chi connectivity index (χ0n) is 34.3. The van der Waals surface area contributed by atoms with E-state index in [9.17, 15) is 0 Å². The van der Waals surface area contributed by atoms with Crippen molar-refractivity contribution < 1.29 is 4.42 Å². The second-order valence-corrected chi connectivity index (χ2v) is 21.6. The van der Waals surface area contributed by atoms with Gasteiger partial charge in [0.05, 0.1) is 0 Å². The van der Waals surface area contributed by atoms with Crippen LogP contribution in [-0.2, 0) is 5.41 Å². The Kier molecular flexibility index (Phi) is 8.02. The van der Waals surface area contributed by atoms with Gasteiger partial charge in [-0.05, 0) is 121 Å². The molecule has 1 fully saturated rings. The molecule has 1 aliphatic heterocycles. The summed E-state index contributed by atoms with van der Waals surface area (Å²) in [7, 11) is -2.79. The van der Waals surface area contributed by atoms with E-state index in [4.69, 9.17) is 4.42 Å². The van der Waals surface area contributed by atoms with E-state index in [-0.39, 0.29) is 5.41 Å². The topological polar surface area (TPSA) is 16.4 Å². The van der Waals surface area contributed by atoms with E-state index in [1.165, 1.54) is 91.8 Å². The molecule has 0 unspecified atom stereocenters. The molecule has 0 radical (unpaired) electrons. The van der Waals surface area contributed by atoms with Crippen LogP contribution in [0.4, 0.5) is 17.1 Å². The van der Waals surface area contributed by atoms with Crippen LogP contribution in [-0.4, -0.2) is 8.07 Å². The van der Waals surface area contributed by atoms with Crippen molar-refractivity contribution >= 4 is 67.8 Å². The molecule has 3 heteroatoms. The molecule has 0 amide bonds. The molecule has 9 aromatic rings. The van der Waals surface area contributed by atoms with E-state index < -0.39 is 8.07 Å². The lowest BCUT2D eigenvalue weighted by Crippen LogP contribution is -2.72. The standard InChI is InChI=1S/C57H47NOSi/c1-57(2)51-26-10-6-22-45(51)46-32-30-41(36-52(46)57)58(42-31-33-48-47-23-7-11-27-53(47)59-54(48)37-42)40-19-15-21-44(35-40)60(43-20-14-18-39(34-43)38-16-4-3-5-17-38)55-28-12-8-24-49(55)50-25-9-13-29-56(50)60/h6-15,18-38H,3-5,16-17H2,1-2H3. The fourth-order valence-corrected chi connectivity index (χ4v) is 16.7. The summed E-state index contributed by atoms with van der Waals surface area (Å²) in [6, 6.07) is 69.2. The maximum atomic E-state index is 6.56. The Hall–Kier alpha value is -6.42. The number of para-hydroxylation sites is 1. The maximum absolute atomic E-state index is 6.56. The second-order valence-electron chi connectivity index (χ2n) is 17.9. The van der Waals surface area contributed by atoms with E-state index >= 15 is 0 Å². The zero-order valence-corrected chi connectivity index (χ0v) is 35.3. The quantitative estimate of drug-likeness (QED) is 0.156. The highest BCUT2D eigenvalue weighted by atomic mass is 28.3. The normalized spacial score (nSPS) is 16.0. The van der Waals surface area contributed by atoms with E-state index in [0.29, 0.717) is 5.92 Å². The second kappa shape index (κ2) is 13.6. The van der Waals surface area contributed by atoms with Crippen LogP contribution >= 0.6 is 0 Å². The van der Waals surface area contributed by atoms with Crippen LogP contribution in [0, 0.1) is 0 Å². The van der Waals surface area contributed by atoms with E-state index in [0.717, 1.165) is 39.0 Å². The van der Waals surface area contributed by atoms with Crippen LogP contribution in [0.1, 0.15) is 68.6 Å². The Labute approximate surface area is 353 Å². The molecule has 0 spiro atoms. The Morgan fingerprint density at radius 2 is 1.07 bits per heavy atom. The van der Waals surface area contributed by atoms with Gasteiger partial charge in [-0.15, -0.1) is 0 Å². The summed E-state index contributed by atoms with van der Waals surface area (Å²) in [5.74, 6) is 0.627. The number of hydrogen-bond acceptors (Lipinski definition) is 2. The predicted molar refractivity (Wildman–Crippen MR) is 254 cm³/mol. The summed E-state index contributed by atoms with van der Waals surface area (Å²) in [4.78, 5) is 2.47. The maximum Gasteiger partial charge on any atom is 0.180 e. The third-order valence-corrected chi connectivity index (χ3v) is 19.2. The smallest absolute Gasteiger partial charge is 0.180 e. The summed E-state index contributed by atoms with van der Waals surface area (Å²) in [5.41, 5.74) is 14.7. The van der Waals surface area contributed by atoms with Crippen molar-refractivity contribution in [1.82, 2.24) is 0 Å². The van der Waals surface area contributed by atoms with E-state index in [1.807, 2.05) is 0 Å². The van der Waals surface area contributed by atoms with Gasteiger partial charge in [0.1, 0.15) is 11.2 Å². The van der Waals surface area contributed by atoms with Crippen molar-refractivity contribution in [2.75, 3.05) is 4.90 Å². The molecule has 1 saturated carbocycles. The molecule has 8 aromatic carbocycles. The van der Waals surface area contributed by atoms with E-state index in [2.05, 4.69) is 201 Å². The van der Waals surface area contributed by atoms with Gasteiger partial charge in [-0.1, -0.05) is 167 Å². The number of anilines is 3. The van der Waals surface area contributed by atoms with Gasteiger partial charge in [-0.25, -0.2) is 0 Å². The first kappa shape index (κ1) is 35.5. The zero-order chi connectivity index (χ0) is 40.0. The third kappa shape index (κ3) is 5.18. The monoisotopic (exact) mass is 789 g/mol. The number of furan rings is 1. The summed E-state index contributed by atoms with van der Waals surface area (Å²) < 4.78 is 6.56. The molecule has 2 aliphatic carbocycles. The van der Waals surface area contributed by atoms with Crippen molar-refractivity contribution in [1.29, 1.82) is 0 Å². The molecule has 2 heterocycles. The molecule has 3 aliphatic rings. The van der Waals surface area contributed by atoms with Crippen LogP contribution in [0.25, 0.3) is 44.2 Å². The third-order valence-electron chi connectivity index (χ3n) is 14.3. The van der Waals surface area contributed by atoms with Crippen molar-refractivity contribution in [3.8, 4) is 22.3 Å². The molecule has 2 nitrogen and oxygen atoms in total. The van der Waals surface area contributed by atoms with Gasteiger partial charge in [0.15, 0.2) is 8.07 Å². The molecule has 12 rings (SSSR count). The summed E-state index contributed by atoms with van der Waals surface area (Å²) in [5, 5.41) is 8.13. The molecule has 0 bridgehead atoms. The van der Waals surface area contributed by atoms with Gasteiger partial charge >= 0.3 is 0 Å². The molecule has 0 N–H and O–H groups in total. The lowest BCUT2D eigenvalue weighted by molar-refractivity contribution is 0.444. The lowest BCUT2D eigenvalue weighted by Gasteiger charge is -2.34. The van der Waals surface area contributed by atoms with Crippen molar-refractivity contribution in [3.05, 3.63) is 199 Å². The first-order valence-electron chi connectivity index (χ1n) is 21.9. The van der Waals surface area contributed by atoms with Gasteiger partial charge < -0.3 is 9.32 Å². The van der Waals surface area contributed by atoms with Crippen LogP contribution in [0.5, 0.6) is 0 Å². The van der Waals surface area contributed by atoms with Crippen LogP contribution in [0.2, 0.25) is 0 Å². The van der Waals surface area contributed by atoms with Gasteiger partial charge in [0, 0.05) is 39.3 Å². The molecular weight excluding hydrogens is 743 g/mol. The Balaban J connectivity index is 1.10. The summed E-state index contributed by atoms with van der Waals surface area (Å²) in [6.45, 7) is 4.75. The van der Waals surface area contributed by atoms with Crippen molar-refractivity contribution in [2.45, 2.75) is 57.3 Å². The minimum atomic E-state index is -2.79. The van der Waals surface area contributed by atoms with Gasteiger partial charge in [-0.2, -0.15) is 0 Å².